The minimum atomic E-state index is -0.311. The van der Waals surface area contributed by atoms with E-state index in [0.717, 1.165) is 5.56 Å². The van der Waals surface area contributed by atoms with Crippen LogP contribution >= 0.6 is 0 Å². The first-order valence-corrected chi connectivity index (χ1v) is 8.85. The summed E-state index contributed by atoms with van der Waals surface area (Å²) in [5.41, 5.74) is 2.82. The Morgan fingerprint density at radius 2 is 1.50 bits per heavy atom. The second-order valence-electron chi connectivity index (χ2n) is 6.83. The fraction of sp³-hybridized carbons (Fsp3) is 0.273. The molecule has 0 atom stereocenters. The third-order valence-electron chi connectivity index (χ3n) is 3.86. The van der Waals surface area contributed by atoms with Gasteiger partial charge in [0.15, 0.2) is 0 Å². The highest BCUT2D eigenvalue weighted by Crippen LogP contribution is 2.16. The van der Waals surface area contributed by atoms with Crippen molar-refractivity contribution < 1.29 is 9.59 Å². The Kier molecular flexibility index (Phi) is 6.73. The van der Waals surface area contributed by atoms with Gasteiger partial charge in [-0.05, 0) is 49.1 Å². The minimum absolute atomic E-state index is 0.0251. The monoisotopic (exact) mass is 350 g/mol. The van der Waals surface area contributed by atoms with E-state index in [1.165, 1.54) is 5.56 Å². The normalized spacial score (nSPS) is 11.5. The van der Waals surface area contributed by atoms with Crippen molar-refractivity contribution >= 4 is 17.9 Å². The maximum Gasteiger partial charge on any atom is 0.268 e. The van der Waals surface area contributed by atoms with Crippen molar-refractivity contribution in [1.82, 2.24) is 10.6 Å². The van der Waals surface area contributed by atoms with E-state index in [0.29, 0.717) is 11.5 Å². The highest BCUT2D eigenvalue weighted by molar-refractivity contribution is 6.05. The zero-order chi connectivity index (χ0) is 19.1. The minimum Gasteiger partial charge on any atom is -0.349 e. The third kappa shape index (κ3) is 5.59. The fourth-order valence-electron chi connectivity index (χ4n) is 2.43. The lowest BCUT2D eigenvalue weighted by Crippen LogP contribution is -2.38. The van der Waals surface area contributed by atoms with Crippen LogP contribution in [0.3, 0.4) is 0 Å². The first-order valence-electron chi connectivity index (χ1n) is 8.85. The molecule has 0 saturated heterocycles. The zero-order valence-corrected chi connectivity index (χ0v) is 15.7. The van der Waals surface area contributed by atoms with E-state index in [1.54, 1.807) is 30.3 Å². The van der Waals surface area contributed by atoms with Gasteiger partial charge in [0.1, 0.15) is 5.70 Å². The molecule has 2 aromatic rings. The maximum absolute atomic E-state index is 12.5. The SMILES string of the molecule is CC(C)NC(=O)C(=Cc1ccc(C(C)C)cc1)NC(=O)c1ccccc1. The van der Waals surface area contributed by atoms with Crippen LogP contribution in [-0.2, 0) is 4.79 Å². The van der Waals surface area contributed by atoms with E-state index < -0.39 is 0 Å². The van der Waals surface area contributed by atoms with Crippen LogP contribution in [0, 0.1) is 0 Å². The predicted molar refractivity (Wildman–Crippen MR) is 106 cm³/mol. The topological polar surface area (TPSA) is 58.2 Å². The summed E-state index contributed by atoms with van der Waals surface area (Å²) in [5.74, 6) is -0.179. The molecular weight excluding hydrogens is 324 g/mol. The molecule has 0 heterocycles. The summed E-state index contributed by atoms with van der Waals surface area (Å²) in [6.45, 7) is 8.02. The molecule has 2 amide bonds. The Hall–Kier alpha value is -2.88. The number of carbonyl (C=O) groups is 2. The quantitative estimate of drug-likeness (QED) is 0.771. The molecule has 0 radical (unpaired) electrons. The first kappa shape index (κ1) is 19.4. The van der Waals surface area contributed by atoms with Gasteiger partial charge in [-0.2, -0.15) is 0 Å². The standard InChI is InChI=1S/C22H26N2O2/c1-15(2)18-12-10-17(11-13-18)14-20(22(26)23-16(3)4)24-21(25)19-8-6-5-7-9-19/h5-16H,1-4H3,(H,23,26)(H,24,25). The lowest BCUT2D eigenvalue weighted by molar-refractivity contribution is -0.118. The Bertz CT molecular complexity index is 776. The van der Waals surface area contributed by atoms with E-state index >= 15 is 0 Å². The molecule has 2 aromatic carbocycles. The van der Waals surface area contributed by atoms with Gasteiger partial charge < -0.3 is 10.6 Å². The van der Waals surface area contributed by atoms with Gasteiger partial charge in [-0.15, -0.1) is 0 Å². The molecule has 0 aromatic heterocycles. The van der Waals surface area contributed by atoms with Crippen molar-refractivity contribution in [2.45, 2.75) is 39.7 Å². The Labute approximate surface area is 155 Å². The maximum atomic E-state index is 12.5. The number of amides is 2. The summed E-state index contributed by atoms with van der Waals surface area (Å²) in [6, 6.07) is 16.8. The fourth-order valence-corrected chi connectivity index (χ4v) is 2.43. The smallest absolute Gasteiger partial charge is 0.268 e. The second-order valence-corrected chi connectivity index (χ2v) is 6.83. The van der Waals surface area contributed by atoms with E-state index in [4.69, 9.17) is 0 Å². The van der Waals surface area contributed by atoms with E-state index in [1.807, 2.05) is 44.2 Å². The summed E-state index contributed by atoms with van der Waals surface area (Å²) in [6.07, 6.45) is 1.70. The molecular formula is C22H26N2O2. The summed E-state index contributed by atoms with van der Waals surface area (Å²) >= 11 is 0. The number of carbonyl (C=O) groups excluding carboxylic acids is 2. The molecule has 0 unspecified atom stereocenters. The van der Waals surface area contributed by atoms with Gasteiger partial charge in [0.2, 0.25) is 0 Å². The van der Waals surface area contributed by atoms with Gasteiger partial charge in [-0.3, -0.25) is 9.59 Å². The zero-order valence-electron chi connectivity index (χ0n) is 15.7. The molecule has 136 valence electrons. The van der Waals surface area contributed by atoms with E-state index in [-0.39, 0.29) is 23.6 Å². The average Bonchev–Trinajstić information content (AvgIpc) is 2.61. The van der Waals surface area contributed by atoms with Crippen molar-refractivity contribution in [2.24, 2.45) is 0 Å². The lowest BCUT2D eigenvalue weighted by Gasteiger charge is -2.13. The number of hydrogen-bond donors (Lipinski definition) is 2. The number of nitrogens with one attached hydrogen (secondary N) is 2. The van der Waals surface area contributed by atoms with Gasteiger partial charge in [-0.25, -0.2) is 0 Å². The highest BCUT2D eigenvalue weighted by atomic mass is 16.2. The lowest BCUT2D eigenvalue weighted by atomic mass is 10.0. The van der Waals surface area contributed by atoms with Crippen molar-refractivity contribution in [3.05, 3.63) is 77.0 Å². The number of benzene rings is 2. The summed E-state index contributed by atoms with van der Waals surface area (Å²) < 4.78 is 0. The highest BCUT2D eigenvalue weighted by Gasteiger charge is 2.15. The Morgan fingerprint density at radius 3 is 2.04 bits per heavy atom. The van der Waals surface area contributed by atoms with Crippen molar-refractivity contribution in [3.63, 3.8) is 0 Å². The molecule has 0 spiro atoms. The first-order chi connectivity index (χ1) is 12.4. The van der Waals surface area contributed by atoms with Crippen molar-refractivity contribution in [3.8, 4) is 0 Å². The summed E-state index contributed by atoms with van der Waals surface area (Å²) in [4.78, 5) is 25.0. The molecule has 0 aliphatic heterocycles. The predicted octanol–water partition coefficient (Wildman–Crippen LogP) is 4.11. The summed E-state index contributed by atoms with van der Waals surface area (Å²) in [7, 11) is 0. The van der Waals surface area contributed by atoms with Crippen LogP contribution in [0.5, 0.6) is 0 Å². The number of rotatable bonds is 6. The average molecular weight is 350 g/mol. The largest absolute Gasteiger partial charge is 0.349 e. The van der Waals surface area contributed by atoms with E-state index in [9.17, 15) is 9.59 Å². The van der Waals surface area contributed by atoms with Crippen LogP contribution in [0.4, 0.5) is 0 Å². The van der Waals surface area contributed by atoms with Gasteiger partial charge in [0.25, 0.3) is 11.8 Å². The molecule has 4 nitrogen and oxygen atoms in total. The second kappa shape index (κ2) is 8.99. The van der Waals surface area contributed by atoms with E-state index in [2.05, 4.69) is 24.5 Å². The Morgan fingerprint density at radius 1 is 0.885 bits per heavy atom. The van der Waals surface area contributed by atoms with Crippen LogP contribution < -0.4 is 10.6 Å². The van der Waals surface area contributed by atoms with Crippen LogP contribution in [-0.4, -0.2) is 17.9 Å². The molecule has 4 heteroatoms. The molecule has 2 rings (SSSR count). The van der Waals surface area contributed by atoms with Crippen molar-refractivity contribution in [2.75, 3.05) is 0 Å². The molecule has 0 aliphatic carbocycles. The molecule has 0 bridgehead atoms. The van der Waals surface area contributed by atoms with Crippen LogP contribution in [0.1, 0.15) is 55.1 Å². The Balaban J connectivity index is 2.28. The van der Waals surface area contributed by atoms with Gasteiger partial charge in [0, 0.05) is 11.6 Å². The van der Waals surface area contributed by atoms with Gasteiger partial charge in [-0.1, -0.05) is 56.3 Å². The molecule has 0 aliphatic rings. The van der Waals surface area contributed by atoms with Gasteiger partial charge >= 0.3 is 0 Å². The molecule has 26 heavy (non-hydrogen) atoms. The van der Waals surface area contributed by atoms with Crippen LogP contribution in [0.15, 0.2) is 60.3 Å². The van der Waals surface area contributed by atoms with Crippen LogP contribution in [0.25, 0.3) is 6.08 Å². The molecule has 0 saturated carbocycles. The van der Waals surface area contributed by atoms with Crippen molar-refractivity contribution in [1.29, 1.82) is 0 Å². The molecule has 2 N–H and O–H groups in total. The number of hydrogen-bond acceptors (Lipinski definition) is 2. The van der Waals surface area contributed by atoms with Crippen LogP contribution in [0.2, 0.25) is 0 Å². The molecule has 0 fully saturated rings. The third-order valence-corrected chi connectivity index (χ3v) is 3.86. The van der Waals surface area contributed by atoms with Gasteiger partial charge in [0.05, 0.1) is 0 Å². The summed E-state index contributed by atoms with van der Waals surface area (Å²) in [5, 5.41) is 5.56.